The Labute approximate surface area is 186 Å². The number of hydrogen-bond acceptors (Lipinski definition) is 7. The van der Waals surface area contributed by atoms with Crippen LogP contribution in [-0.4, -0.2) is 43.2 Å². The van der Waals surface area contributed by atoms with E-state index in [1.54, 1.807) is 6.92 Å². The molecule has 2 aromatic carbocycles. The minimum atomic E-state index is -0.238. The number of nitrogens with zero attached hydrogens (tertiary/aromatic N) is 2. The smallest absolute Gasteiger partial charge is 0.305 e. The summed E-state index contributed by atoms with van der Waals surface area (Å²) in [6.45, 7) is 6.56. The second kappa shape index (κ2) is 8.30. The third kappa shape index (κ3) is 3.42. The molecule has 1 aliphatic carbocycles. The number of hydrogen-bond donors (Lipinski definition) is 1. The summed E-state index contributed by atoms with van der Waals surface area (Å²) in [6.07, 6.45) is 2.67. The first-order valence-electron chi connectivity index (χ1n) is 11.3. The van der Waals surface area contributed by atoms with Crippen LogP contribution in [0.1, 0.15) is 49.0 Å². The monoisotopic (exact) mass is 433 g/mol. The lowest BCUT2D eigenvalue weighted by atomic mass is 9.86. The molecule has 32 heavy (non-hydrogen) atoms. The summed E-state index contributed by atoms with van der Waals surface area (Å²) in [4.78, 5) is 27.4. The number of nitrogens with one attached hydrogen (secondary N) is 1. The van der Waals surface area contributed by atoms with Gasteiger partial charge in [0.25, 0.3) is 0 Å². The second-order valence-corrected chi connectivity index (χ2v) is 8.62. The van der Waals surface area contributed by atoms with Crippen molar-refractivity contribution in [3.05, 3.63) is 41.5 Å². The van der Waals surface area contributed by atoms with E-state index in [1.165, 1.54) is 6.42 Å². The van der Waals surface area contributed by atoms with E-state index >= 15 is 0 Å². The molecule has 1 atom stereocenters. The van der Waals surface area contributed by atoms with Crippen molar-refractivity contribution >= 4 is 34.0 Å². The minimum absolute atomic E-state index is 0.0482. The molecule has 0 unspecified atom stereocenters. The highest BCUT2D eigenvalue weighted by Gasteiger charge is 2.34. The Kier molecular flexibility index (Phi) is 5.33. The third-order valence-corrected chi connectivity index (χ3v) is 6.35. The summed E-state index contributed by atoms with van der Waals surface area (Å²) in [5.41, 5.74) is 4.39. The van der Waals surface area contributed by atoms with E-state index in [9.17, 15) is 9.59 Å². The summed E-state index contributed by atoms with van der Waals surface area (Å²) in [6, 6.07) is 9.50. The summed E-state index contributed by atoms with van der Waals surface area (Å²) < 4.78 is 11.0. The summed E-state index contributed by atoms with van der Waals surface area (Å²) in [5.74, 6) is 0.938. The van der Waals surface area contributed by atoms with E-state index in [-0.39, 0.29) is 18.4 Å². The number of esters is 1. The summed E-state index contributed by atoms with van der Waals surface area (Å²) >= 11 is 0. The highest BCUT2D eigenvalue weighted by atomic mass is 16.5. The first kappa shape index (κ1) is 20.5. The molecule has 0 radical (unpaired) electrons. The van der Waals surface area contributed by atoms with Gasteiger partial charge in [-0.3, -0.25) is 9.59 Å². The standard InChI is InChI=1S/C25H27N3O4/c1-3-20(29)31-12-10-26-18-13-19(28-11-6-7-15(2)14-28)23-22-21(18)24(30)16-8-4-5-9-17(16)25(22)32-27-23/h4-5,8-9,13,15,26H,3,6-7,10-12,14H2,1-2H3/t15-/m1/s1. The van der Waals surface area contributed by atoms with Crippen LogP contribution in [0.25, 0.3) is 22.2 Å². The molecular weight excluding hydrogens is 406 g/mol. The number of ketones is 1. The molecule has 2 heterocycles. The molecule has 3 aromatic rings. The number of carbonyl (C=O) groups is 2. The van der Waals surface area contributed by atoms with Gasteiger partial charge >= 0.3 is 5.97 Å². The fraction of sp³-hybridized carbons (Fsp3) is 0.400. The maximum absolute atomic E-state index is 13.5. The zero-order valence-corrected chi connectivity index (χ0v) is 18.4. The molecule has 1 saturated heterocycles. The molecule has 5 rings (SSSR count). The van der Waals surface area contributed by atoms with Gasteiger partial charge in [-0.25, -0.2) is 0 Å². The SMILES string of the molecule is CCC(=O)OCCNc1cc(N2CCC[C@@H](C)C2)c2noc3c2c1C(=O)c1ccccc1-3. The molecule has 0 saturated carbocycles. The predicted octanol–water partition coefficient (Wildman–Crippen LogP) is 4.64. The zero-order chi connectivity index (χ0) is 22.2. The van der Waals surface area contributed by atoms with Crippen molar-refractivity contribution in [1.82, 2.24) is 5.16 Å². The number of fused-ring (bicyclic) bond motifs is 2. The van der Waals surface area contributed by atoms with Gasteiger partial charge in [0.15, 0.2) is 11.5 Å². The molecule has 0 bridgehead atoms. The lowest BCUT2D eigenvalue weighted by Crippen LogP contribution is -2.34. The van der Waals surface area contributed by atoms with E-state index < -0.39 is 0 Å². The van der Waals surface area contributed by atoms with Crippen LogP contribution >= 0.6 is 0 Å². The van der Waals surface area contributed by atoms with Crippen molar-refractivity contribution in [2.45, 2.75) is 33.1 Å². The van der Waals surface area contributed by atoms with Gasteiger partial charge in [0.1, 0.15) is 12.1 Å². The predicted molar refractivity (Wildman–Crippen MR) is 123 cm³/mol. The molecular formula is C25H27N3O4. The molecule has 7 heteroatoms. The van der Waals surface area contributed by atoms with Gasteiger partial charge in [-0.05, 0) is 24.8 Å². The molecule has 2 aliphatic rings. The highest BCUT2D eigenvalue weighted by molar-refractivity contribution is 6.28. The van der Waals surface area contributed by atoms with Crippen molar-refractivity contribution in [1.29, 1.82) is 0 Å². The Hall–Kier alpha value is -3.35. The Balaban J connectivity index is 1.61. The van der Waals surface area contributed by atoms with Crippen molar-refractivity contribution in [3.8, 4) is 11.3 Å². The van der Waals surface area contributed by atoms with Gasteiger partial charge in [-0.1, -0.05) is 43.3 Å². The Morgan fingerprint density at radius 2 is 2.12 bits per heavy atom. The normalized spacial score (nSPS) is 17.4. The average Bonchev–Trinajstić information content (AvgIpc) is 3.25. The van der Waals surface area contributed by atoms with Crippen molar-refractivity contribution in [2.75, 3.05) is 36.5 Å². The zero-order valence-electron chi connectivity index (χ0n) is 18.4. The molecule has 166 valence electrons. The lowest BCUT2D eigenvalue weighted by Gasteiger charge is -2.33. The highest BCUT2D eigenvalue weighted by Crippen LogP contribution is 2.46. The first-order valence-corrected chi connectivity index (χ1v) is 11.3. The minimum Gasteiger partial charge on any atom is -0.464 e. The van der Waals surface area contributed by atoms with Crippen LogP contribution < -0.4 is 10.2 Å². The molecule has 7 nitrogen and oxygen atoms in total. The van der Waals surface area contributed by atoms with E-state index in [0.29, 0.717) is 35.8 Å². The topological polar surface area (TPSA) is 84.7 Å². The van der Waals surface area contributed by atoms with E-state index in [4.69, 9.17) is 9.26 Å². The Morgan fingerprint density at radius 3 is 2.91 bits per heavy atom. The second-order valence-electron chi connectivity index (χ2n) is 8.62. The third-order valence-electron chi connectivity index (χ3n) is 6.35. The molecule has 0 spiro atoms. The van der Waals surface area contributed by atoms with Crippen LogP contribution in [0.2, 0.25) is 0 Å². The number of ether oxygens (including phenoxy) is 1. The maximum Gasteiger partial charge on any atom is 0.305 e. The Morgan fingerprint density at radius 1 is 1.31 bits per heavy atom. The number of anilines is 2. The van der Waals surface area contributed by atoms with Gasteiger partial charge in [-0.2, -0.15) is 0 Å². The van der Waals surface area contributed by atoms with Gasteiger partial charge < -0.3 is 19.5 Å². The lowest BCUT2D eigenvalue weighted by molar-refractivity contribution is -0.142. The van der Waals surface area contributed by atoms with Crippen LogP contribution in [0.5, 0.6) is 0 Å². The fourth-order valence-electron chi connectivity index (χ4n) is 4.78. The number of piperidine rings is 1. The first-order chi connectivity index (χ1) is 15.6. The molecule has 0 amide bonds. The largest absolute Gasteiger partial charge is 0.464 e. The van der Waals surface area contributed by atoms with Crippen molar-refractivity contribution in [3.63, 3.8) is 0 Å². The quantitative estimate of drug-likeness (QED) is 0.350. The van der Waals surface area contributed by atoms with Crippen LogP contribution in [0.4, 0.5) is 11.4 Å². The van der Waals surface area contributed by atoms with Gasteiger partial charge in [-0.15, -0.1) is 0 Å². The van der Waals surface area contributed by atoms with Gasteiger partial charge in [0, 0.05) is 42.9 Å². The molecule has 1 fully saturated rings. The number of aromatic nitrogens is 1. The van der Waals surface area contributed by atoms with Gasteiger partial charge in [0.05, 0.1) is 16.6 Å². The van der Waals surface area contributed by atoms with E-state index in [2.05, 4.69) is 22.3 Å². The average molecular weight is 434 g/mol. The molecule has 1 aliphatic heterocycles. The van der Waals surface area contributed by atoms with Crippen LogP contribution in [0, 0.1) is 5.92 Å². The van der Waals surface area contributed by atoms with E-state index in [0.717, 1.165) is 47.4 Å². The van der Waals surface area contributed by atoms with Crippen molar-refractivity contribution < 1.29 is 18.8 Å². The number of rotatable bonds is 6. The van der Waals surface area contributed by atoms with Gasteiger partial charge in [0.2, 0.25) is 0 Å². The van der Waals surface area contributed by atoms with E-state index in [1.807, 2.05) is 30.3 Å². The van der Waals surface area contributed by atoms with Crippen molar-refractivity contribution in [2.24, 2.45) is 5.92 Å². The van der Waals surface area contributed by atoms with Crippen LogP contribution in [0.15, 0.2) is 34.9 Å². The number of benzene rings is 2. The number of carbonyl (C=O) groups excluding carboxylic acids is 2. The summed E-state index contributed by atoms with van der Waals surface area (Å²) in [5, 5.41) is 8.54. The maximum atomic E-state index is 13.5. The Bertz CT molecular complexity index is 1200. The van der Waals surface area contributed by atoms with Crippen LogP contribution in [-0.2, 0) is 9.53 Å². The molecule has 1 aromatic heterocycles. The summed E-state index contributed by atoms with van der Waals surface area (Å²) in [7, 11) is 0. The van der Waals surface area contributed by atoms with Crippen LogP contribution in [0.3, 0.4) is 0 Å². The molecule has 1 N–H and O–H groups in total. The fourth-order valence-corrected chi connectivity index (χ4v) is 4.78.